The molecule has 0 aliphatic rings. The van der Waals surface area contributed by atoms with Crippen molar-refractivity contribution >= 4 is 47.4 Å². The molecule has 1 heterocycles. The van der Waals surface area contributed by atoms with Crippen molar-refractivity contribution < 1.29 is 9.53 Å². The van der Waals surface area contributed by atoms with Gasteiger partial charge in [-0.05, 0) is 33.6 Å². The Morgan fingerprint density at radius 1 is 1.33 bits per heavy atom. The standard InChI is InChI=1S/C18H33N5O2S.HI/c1-12(2)14(23-17(24)25-18(4,5)6)11-22-16(19-7)20-9-8-15-21-10-13(3)26-15;/h10,12,14H,8-9,11H2,1-7H3,(H,23,24)(H2,19,20,22);1H. The molecular formula is C18H34IN5O2S. The number of nitrogens with zero attached hydrogens (tertiary/aromatic N) is 2. The van der Waals surface area contributed by atoms with Crippen LogP contribution in [0.4, 0.5) is 4.79 Å². The van der Waals surface area contributed by atoms with Gasteiger partial charge in [0.2, 0.25) is 0 Å². The molecule has 0 saturated heterocycles. The summed E-state index contributed by atoms with van der Waals surface area (Å²) in [5.41, 5.74) is -0.509. The van der Waals surface area contributed by atoms with Crippen molar-refractivity contribution in [3.63, 3.8) is 0 Å². The Balaban J connectivity index is 0.00000676. The number of ether oxygens (including phenoxy) is 1. The average Bonchev–Trinajstić information content (AvgIpc) is 2.92. The summed E-state index contributed by atoms with van der Waals surface area (Å²) in [4.78, 5) is 21.8. The van der Waals surface area contributed by atoms with Crippen LogP contribution in [0.25, 0.3) is 0 Å². The third kappa shape index (κ3) is 11.4. The Labute approximate surface area is 184 Å². The number of guanidine groups is 1. The summed E-state index contributed by atoms with van der Waals surface area (Å²) in [7, 11) is 1.73. The highest BCUT2D eigenvalue weighted by Crippen LogP contribution is 2.11. The minimum absolute atomic E-state index is 0. The SMILES string of the molecule is CN=C(NCCc1ncc(C)s1)NCC(NC(=O)OC(C)(C)C)C(C)C.I. The summed E-state index contributed by atoms with van der Waals surface area (Å²) >= 11 is 1.71. The Kier molecular flexibility index (Phi) is 11.9. The third-order valence-corrected chi connectivity index (χ3v) is 4.49. The molecule has 1 amide bonds. The molecule has 9 heteroatoms. The van der Waals surface area contributed by atoms with Gasteiger partial charge in [0.15, 0.2) is 5.96 Å². The number of halogens is 1. The molecule has 0 spiro atoms. The predicted octanol–water partition coefficient (Wildman–Crippen LogP) is 3.33. The molecular weight excluding hydrogens is 477 g/mol. The van der Waals surface area contributed by atoms with Gasteiger partial charge in [-0.25, -0.2) is 9.78 Å². The maximum atomic E-state index is 12.0. The van der Waals surface area contributed by atoms with Crippen LogP contribution >= 0.6 is 35.3 Å². The van der Waals surface area contributed by atoms with Crippen molar-refractivity contribution in [1.29, 1.82) is 0 Å². The van der Waals surface area contributed by atoms with E-state index >= 15 is 0 Å². The minimum atomic E-state index is -0.509. The molecule has 27 heavy (non-hydrogen) atoms. The van der Waals surface area contributed by atoms with Crippen LogP contribution in [0, 0.1) is 12.8 Å². The number of aliphatic imine (C=N–C) groups is 1. The van der Waals surface area contributed by atoms with E-state index < -0.39 is 11.7 Å². The molecule has 1 aromatic heterocycles. The lowest BCUT2D eigenvalue weighted by molar-refractivity contribution is 0.0491. The summed E-state index contributed by atoms with van der Waals surface area (Å²) in [6.45, 7) is 13.0. The highest BCUT2D eigenvalue weighted by atomic mass is 127. The topological polar surface area (TPSA) is 87.6 Å². The first-order valence-corrected chi connectivity index (χ1v) is 9.77. The van der Waals surface area contributed by atoms with Crippen molar-refractivity contribution in [2.45, 2.75) is 59.6 Å². The zero-order chi connectivity index (χ0) is 19.7. The van der Waals surface area contributed by atoms with Gasteiger partial charge >= 0.3 is 6.09 Å². The lowest BCUT2D eigenvalue weighted by Gasteiger charge is -2.26. The van der Waals surface area contributed by atoms with E-state index in [-0.39, 0.29) is 35.9 Å². The number of aryl methyl sites for hydroxylation is 1. The highest BCUT2D eigenvalue weighted by molar-refractivity contribution is 14.0. The van der Waals surface area contributed by atoms with Gasteiger partial charge in [-0.15, -0.1) is 35.3 Å². The number of thiazole rings is 1. The van der Waals surface area contributed by atoms with Crippen LogP contribution < -0.4 is 16.0 Å². The Morgan fingerprint density at radius 3 is 2.48 bits per heavy atom. The fourth-order valence-corrected chi connectivity index (χ4v) is 2.93. The number of carbonyl (C=O) groups is 1. The Hall–Kier alpha value is -1.10. The van der Waals surface area contributed by atoms with E-state index in [0.29, 0.717) is 12.5 Å². The number of nitrogens with one attached hydrogen (secondary N) is 3. The molecule has 7 nitrogen and oxygen atoms in total. The van der Waals surface area contributed by atoms with Crippen molar-refractivity contribution in [3.8, 4) is 0 Å². The van der Waals surface area contributed by atoms with Crippen LogP contribution in [0.2, 0.25) is 0 Å². The molecule has 1 rings (SSSR count). The molecule has 1 aromatic rings. The smallest absolute Gasteiger partial charge is 0.407 e. The largest absolute Gasteiger partial charge is 0.444 e. The zero-order valence-electron chi connectivity index (χ0n) is 17.4. The van der Waals surface area contributed by atoms with Crippen molar-refractivity contribution in [1.82, 2.24) is 20.9 Å². The summed E-state index contributed by atoms with van der Waals surface area (Å²) < 4.78 is 5.34. The zero-order valence-corrected chi connectivity index (χ0v) is 20.5. The minimum Gasteiger partial charge on any atom is -0.444 e. The van der Waals surface area contributed by atoms with E-state index in [9.17, 15) is 4.79 Å². The fraction of sp³-hybridized carbons (Fsp3) is 0.722. The molecule has 1 unspecified atom stereocenters. The maximum Gasteiger partial charge on any atom is 0.407 e. The van der Waals surface area contributed by atoms with E-state index in [2.05, 4.69) is 46.7 Å². The number of carbonyl (C=O) groups excluding carboxylic acids is 1. The van der Waals surface area contributed by atoms with E-state index in [0.717, 1.165) is 18.0 Å². The van der Waals surface area contributed by atoms with Gasteiger partial charge in [-0.2, -0.15) is 0 Å². The maximum absolute atomic E-state index is 12.0. The molecule has 0 bridgehead atoms. The van der Waals surface area contributed by atoms with Crippen LogP contribution in [0.5, 0.6) is 0 Å². The monoisotopic (exact) mass is 511 g/mol. The number of aromatic nitrogens is 1. The molecule has 0 radical (unpaired) electrons. The molecule has 0 saturated carbocycles. The van der Waals surface area contributed by atoms with Crippen molar-refractivity contribution in [2.75, 3.05) is 20.1 Å². The van der Waals surface area contributed by atoms with Gasteiger partial charge < -0.3 is 20.7 Å². The van der Waals surface area contributed by atoms with E-state index in [1.165, 1.54) is 4.88 Å². The normalized spacial score (nSPS) is 13.0. The first kappa shape index (κ1) is 25.9. The molecule has 156 valence electrons. The molecule has 1 atom stereocenters. The number of alkyl carbamates (subject to hydrolysis) is 1. The number of rotatable bonds is 7. The molecule has 0 aromatic carbocycles. The van der Waals surface area contributed by atoms with Gasteiger partial charge in [-0.3, -0.25) is 4.99 Å². The lowest BCUT2D eigenvalue weighted by Crippen LogP contribution is -2.50. The van der Waals surface area contributed by atoms with Crippen LogP contribution in [0.1, 0.15) is 44.5 Å². The number of hydrogen-bond donors (Lipinski definition) is 3. The van der Waals surface area contributed by atoms with Crippen molar-refractivity contribution in [3.05, 3.63) is 16.1 Å². The summed E-state index contributed by atoms with van der Waals surface area (Å²) in [6, 6.07) is -0.0648. The van der Waals surface area contributed by atoms with Crippen LogP contribution in [0.15, 0.2) is 11.2 Å². The third-order valence-electron chi connectivity index (χ3n) is 3.52. The van der Waals surface area contributed by atoms with Gasteiger partial charge in [0.05, 0.1) is 11.0 Å². The van der Waals surface area contributed by atoms with Gasteiger partial charge in [-0.1, -0.05) is 13.8 Å². The van der Waals surface area contributed by atoms with Crippen molar-refractivity contribution in [2.24, 2.45) is 10.9 Å². The summed E-state index contributed by atoms with van der Waals surface area (Å²) in [5, 5.41) is 10.6. The molecule has 0 aliphatic heterocycles. The van der Waals surface area contributed by atoms with Crippen LogP contribution in [-0.2, 0) is 11.2 Å². The first-order valence-electron chi connectivity index (χ1n) is 8.96. The average molecular weight is 511 g/mol. The van der Waals surface area contributed by atoms with Crippen LogP contribution in [-0.4, -0.2) is 48.8 Å². The van der Waals surface area contributed by atoms with Gasteiger partial charge in [0, 0.05) is 37.6 Å². The fourth-order valence-electron chi connectivity index (χ4n) is 2.14. The molecule has 3 N–H and O–H groups in total. The second-order valence-electron chi connectivity index (χ2n) is 7.49. The second kappa shape index (κ2) is 12.4. The van der Waals surface area contributed by atoms with Gasteiger partial charge in [0.1, 0.15) is 5.60 Å². The number of hydrogen-bond acceptors (Lipinski definition) is 5. The number of amides is 1. The molecule has 0 fully saturated rings. The van der Waals surface area contributed by atoms with Crippen LogP contribution in [0.3, 0.4) is 0 Å². The van der Waals surface area contributed by atoms with E-state index in [1.54, 1.807) is 18.4 Å². The quantitative estimate of drug-likeness (QED) is 0.297. The lowest BCUT2D eigenvalue weighted by atomic mass is 10.0. The second-order valence-corrected chi connectivity index (χ2v) is 8.81. The Morgan fingerprint density at radius 2 is 2.00 bits per heavy atom. The summed E-state index contributed by atoms with van der Waals surface area (Å²) in [5.74, 6) is 0.960. The molecule has 0 aliphatic carbocycles. The van der Waals surface area contributed by atoms with E-state index in [1.807, 2.05) is 27.0 Å². The predicted molar refractivity (Wildman–Crippen MR) is 123 cm³/mol. The first-order chi connectivity index (χ1) is 12.1. The Bertz CT molecular complexity index is 599. The highest BCUT2D eigenvalue weighted by Gasteiger charge is 2.21. The van der Waals surface area contributed by atoms with E-state index in [4.69, 9.17) is 4.74 Å². The van der Waals surface area contributed by atoms with Gasteiger partial charge in [0.25, 0.3) is 0 Å². The summed E-state index contributed by atoms with van der Waals surface area (Å²) in [6.07, 6.45) is 2.34.